The van der Waals surface area contributed by atoms with Gasteiger partial charge in [0, 0.05) is 0 Å². The van der Waals surface area contributed by atoms with E-state index < -0.39 is 48.3 Å². The molecule has 0 aromatic heterocycles. The lowest BCUT2D eigenvalue weighted by atomic mass is 10.0. The molecule has 1 fully saturated rings. The predicted octanol–water partition coefficient (Wildman–Crippen LogP) is -1.07. The van der Waals surface area contributed by atoms with Crippen molar-refractivity contribution in [2.24, 2.45) is 11.7 Å². The van der Waals surface area contributed by atoms with Crippen LogP contribution in [0.3, 0.4) is 0 Å². The molecule has 1 aliphatic rings. The largest absolute Gasteiger partial charge is 0.481 e. The first kappa shape index (κ1) is 28.3. The number of nitrogens with two attached hydrogens (primary N) is 1. The molecule has 1 rings (SSSR count). The molecule has 0 aromatic carbocycles. The van der Waals surface area contributed by atoms with E-state index in [9.17, 15) is 29.1 Å². The van der Waals surface area contributed by atoms with Crippen LogP contribution in [0.1, 0.15) is 58.8 Å². The summed E-state index contributed by atoms with van der Waals surface area (Å²) in [5.41, 5.74) is 5.50. The van der Waals surface area contributed by atoms with E-state index in [-0.39, 0.29) is 24.3 Å². The van der Waals surface area contributed by atoms with Gasteiger partial charge in [-0.15, -0.1) is 0 Å². The van der Waals surface area contributed by atoms with Gasteiger partial charge in [0.25, 0.3) is 0 Å². The van der Waals surface area contributed by atoms with Crippen molar-refractivity contribution >= 4 is 29.7 Å². The van der Waals surface area contributed by atoms with Crippen LogP contribution < -0.4 is 27.0 Å². The van der Waals surface area contributed by atoms with Crippen molar-refractivity contribution in [2.75, 3.05) is 13.1 Å². The minimum absolute atomic E-state index is 0.0778. The number of carboxylic acids is 2. The van der Waals surface area contributed by atoms with Gasteiger partial charge in [-0.25, -0.2) is 4.79 Å². The quantitative estimate of drug-likeness (QED) is 0.145. The molecule has 1 heterocycles. The molecular formula is C21H37N5O7. The number of carboxylic acid groups (broad SMARTS) is 2. The second kappa shape index (κ2) is 14.4. The van der Waals surface area contributed by atoms with Crippen LogP contribution in [0.4, 0.5) is 0 Å². The SMILES string of the molecule is CC(C)CC(NC(=O)C1CCCN1)C(=O)NC(CCCCN)C(=O)NC(CC(=O)O)C(=O)O. The number of hydrogen-bond acceptors (Lipinski definition) is 7. The maximum atomic E-state index is 13.0. The number of nitrogens with one attached hydrogen (secondary N) is 4. The highest BCUT2D eigenvalue weighted by Gasteiger charge is 2.32. The summed E-state index contributed by atoms with van der Waals surface area (Å²) < 4.78 is 0. The fraction of sp³-hybridized carbons (Fsp3) is 0.762. The van der Waals surface area contributed by atoms with E-state index in [1.165, 1.54) is 0 Å². The Balaban J connectivity index is 2.92. The van der Waals surface area contributed by atoms with Crippen molar-refractivity contribution in [3.05, 3.63) is 0 Å². The lowest BCUT2D eigenvalue weighted by molar-refractivity contribution is -0.147. The Bertz CT molecular complexity index is 694. The average Bonchev–Trinajstić information content (AvgIpc) is 3.26. The summed E-state index contributed by atoms with van der Waals surface area (Å²) in [6.07, 6.45) is 2.33. The van der Waals surface area contributed by atoms with E-state index in [4.69, 9.17) is 10.8 Å². The number of amides is 3. The highest BCUT2D eigenvalue weighted by atomic mass is 16.4. The van der Waals surface area contributed by atoms with E-state index >= 15 is 0 Å². The molecule has 12 nitrogen and oxygen atoms in total. The molecule has 1 aliphatic heterocycles. The molecule has 0 saturated carbocycles. The molecule has 33 heavy (non-hydrogen) atoms. The van der Waals surface area contributed by atoms with Gasteiger partial charge in [0.2, 0.25) is 17.7 Å². The Morgan fingerprint density at radius 2 is 1.61 bits per heavy atom. The van der Waals surface area contributed by atoms with Crippen molar-refractivity contribution in [2.45, 2.75) is 83.0 Å². The molecule has 3 amide bonds. The molecule has 4 atom stereocenters. The maximum Gasteiger partial charge on any atom is 0.326 e. The van der Waals surface area contributed by atoms with Crippen LogP contribution in [0.2, 0.25) is 0 Å². The predicted molar refractivity (Wildman–Crippen MR) is 119 cm³/mol. The molecule has 12 heteroatoms. The summed E-state index contributed by atoms with van der Waals surface area (Å²) in [5, 5.41) is 28.7. The van der Waals surface area contributed by atoms with Crippen LogP contribution in [-0.4, -0.2) is 77.1 Å². The van der Waals surface area contributed by atoms with Crippen molar-refractivity contribution < 1.29 is 34.2 Å². The first-order chi connectivity index (χ1) is 15.5. The van der Waals surface area contributed by atoms with Gasteiger partial charge >= 0.3 is 11.9 Å². The molecule has 1 saturated heterocycles. The maximum absolute atomic E-state index is 13.0. The van der Waals surface area contributed by atoms with Gasteiger partial charge in [0.1, 0.15) is 18.1 Å². The minimum atomic E-state index is -1.64. The molecule has 4 unspecified atom stereocenters. The molecule has 0 radical (unpaired) electrons. The van der Waals surface area contributed by atoms with Crippen molar-refractivity contribution in [3.63, 3.8) is 0 Å². The minimum Gasteiger partial charge on any atom is -0.481 e. The third kappa shape index (κ3) is 10.6. The lowest BCUT2D eigenvalue weighted by Gasteiger charge is -2.26. The van der Waals surface area contributed by atoms with Crippen LogP contribution in [0, 0.1) is 5.92 Å². The van der Waals surface area contributed by atoms with Gasteiger partial charge in [-0.1, -0.05) is 13.8 Å². The molecule has 0 aliphatic carbocycles. The smallest absolute Gasteiger partial charge is 0.326 e. The van der Waals surface area contributed by atoms with Crippen molar-refractivity contribution in [1.29, 1.82) is 0 Å². The van der Waals surface area contributed by atoms with E-state index in [0.29, 0.717) is 32.2 Å². The standard InChI is InChI=1S/C21H37N5O7/c1-12(2)10-15(25-18(29)13-7-5-9-23-13)20(31)24-14(6-3-4-8-22)19(30)26-16(21(32)33)11-17(27)28/h12-16,23H,3-11,22H2,1-2H3,(H,24,31)(H,25,29)(H,26,30)(H,27,28)(H,32,33). The van der Waals surface area contributed by atoms with Gasteiger partial charge in [0.05, 0.1) is 12.5 Å². The molecule has 0 spiro atoms. The van der Waals surface area contributed by atoms with Crippen LogP contribution in [0.15, 0.2) is 0 Å². The summed E-state index contributed by atoms with van der Waals surface area (Å²) in [6.45, 7) is 4.90. The zero-order chi connectivity index (χ0) is 25.0. The third-order valence-corrected chi connectivity index (χ3v) is 5.29. The molecular weight excluding hydrogens is 434 g/mol. The molecule has 188 valence electrons. The fourth-order valence-electron chi connectivity index (χ4n) is 3.56. The second-order valence-corrected chi connectivity index (χ2v) is 8.68. The Kier molecular flexibility index (Phi) is 12.4. The van der Waals surface area contributed by atoms with E-state index in [2.05, 4.69) is 21.3 Å². The second-order valence-electron chi connectivity index (χ2n) is 8.68. The summed E-state index contributed by atoms with van der Waals surface area (Å²) in [6, 6.07) is -3.98. The first-order valence-corrected chi connectivity index (χ1v) is 11.3. The van der Waals surface area contributed by atoms with E-state index in [1.54, 1.807) is 0 Å². The fourth-order valence-corrected chi connectivity index (χ4v) is 3.56. The molecule has 8 N–H and O–H groups in total. The summed E-state index contributed by atoms with van der Waals surface area (Å²) in [4.78, 5) is 60.5. The van der Waals surface area contributed by atoms with Gasteiger partial charge in [0.15, 0.2) is 0 Å². The average molecular weight is 472 g/mol. The lowest BCUT2D eigenvalue weighted by Crippen LogP contribution is -2.57. The monoisotopic (exact) mass is 471 g/mol. The number of aliphatic carboxylic acids is 2. The van der Waals surface area contributed by atoms with Crippen molar-refractivity contribution in [1.82, 2.24) is 21.3 Å². The number of rotatable bonds is 15. The summed E-state index contributed by atoms with van der Waals surface area (Å²) in [5.74, 6) is -4.45. The topological polar surface area (TPSA) is 200 Å². The van der Waals surface area contributed by atoms with Crippen LogP contribution in [0.5, 0.6) is 0 Å². The summed E-state index contributed by atoms with van der Waals surface area (Å²) in [7, 11) is 0. The number of unbranched alkanes of at least 4 members (excludes halogenated alkanes) is 1. The number of carbonyl (C=O) groups excluding carboxylic acids is 3. The first-order valence-electron chi connectivity index (χ1n) is 11.3. The van der Waals surface area contributed by atoms with Crippen LogP contribution >= 0.6 is 0 Å². The zero-order valence-electron chi connectivity index (χ0n) is 19.3. The molecule has 0 bridgehead atoms. The van der Waals surface area contributed by atoms with Crippen LogP contribution in [0.25, 0.3) is 0 Å². The Morgan fingerprint density at radius 1 is 0.970 bits per heavy atom. The van der Waals surface area contributed by atoms with Crippen LogP contribution in [-0.2, 0) is 24.0 Å². The van der Waals surface area contributed by atoms with Gasteiger partial charge < -0.3 is 37.2 Å². The van der Waals surface area contributed by atoms with Gasteiger partial charge in [-0.3, -0.25) is 19.2 Å². The Labute approximate surface area is 193 Å². The number of hydrogen-bond donors (Lipinski definition) is 7. The van der Waals surface area contributed by atoms with E-state index in [1.807, 2.05) is 13.8 Å². The summed E-state index contributed by atoms with van der Waals surface area (Å²) >= 11 is 0. The number of carbonyl (C=O) groups is 5. The third-order valence-electron chi connectivity index (χ3n) is 5.29. The zero-order valence-corrected chi connectivity index (χ0v) is 19.3. The van der Waals surface area contributed by atoms with Gasteiger partial charge in [-0.05, 0) is 57.5 Å². The highest BCUT2D eigenvalue weighted by Crippen LogP contribution is 2.10. The highest BCUT2D eigenvalue weighted by molar-refractivity contribution is 5.94. The Hall–Kier alpha value is -2.73. The van der Waals surface area contributed by atoms with E-state index in [0.717, 1.165) is 13.0 Å². The molecule has 0 aromatic rings. The normalized spacial score (nSPS) is 18.2. The van der Waals surface area contributed by atoms with Gasteiger partial charge in [-0.2, -0.15) is 0 Å². The Morgan fingerprint density at radius 3 is 2.12 bits per heavy atom. The van der Waals surface area contributed by atoms with Crippen molar-refractivity contribution in [3.8, 4) is 0 Å².